The number of rotatable bonds is 9. The molecule has 0 bridgehead atoms. The zero-order valence-corrected chi connectivity index (χ0v) is 23.9. The monoisotopic (exact) mass is 551 g/mol. The van der Waals surface area contributed by atoms with Crippen molar-refractivity contribution < 1.29 is 23.5 Å². The molecule has 2 aromatic heterocycles. The number of nitrogens with two attached hydrogens (primary N) is 1. The standard InChI is InChI=1S/C30H41N5O5/c1-5-39-29(37)26-20(4)40-27(33-26)25(17-21-18-32-24-13-9-8-12-22(21)24)35(28(36)23(31)16-19(2)3)30(38)34-14-10-6-7-11-15-34/h8-9,12-13,18-19,23,25,32H,5-7,10-11,14-17,31H2,1-4H3/t23-,25+/m0/s1. The lowest BCUT2D eigenvalue weighted by Crippen LogP contribution is -2.54. The Bertz CT molecular complexity index is 1320. The highest BCUT2D eigenvalue weighted by Crippen LogP contribution is 2.32. The minimum atomic E-state index is -0.928. The number of nitrogens with one attached hydrogen (secondary N) is 1. The van der Waals surface area contributed by atoms with Crippen molar-refractivity contribution in [1.29, 1.82) is 0 Å². The van der Waals surface area contributed by atoms with Crippen molar-refractivity contribution in [2.24, 2.45) is 11.7 Å². The van der Waals surface area contributed by atoms with E-state index in [0.29, 0.717) is 19.5 Å². The highest BCUT2D eigenvalue weighted by Gasteiger charge is 2.40. The molecule has 1 aliphatic rings. The first-order valence-electron chi connectivity index (χ1n) is 14.3. The molecule has 3 aromatic rings. The van der Waals surface area contributed by atoms with Crippen molar-refractivity contribution >= 4 is 28.8 Å². The Morgan fingerprint density at radius 3 is 2.52 bits per heavy atom. The van der Waals surface area contributed by atoms with Crippen LogP contribution in [0.3, 0.4) is 0 Å². The van der Waals surface area contributed by atoms with Gasteiger partial charge in [-0.2, -0.15) is 0 Å². The number of aromatic amines is 1. The fourth-order valence-corrected chi connectivity index (χ4v) is 5.33. The predicted octanol–water partition coefficient (Wildman–Crippen LogP) is 5.12. The summed E-state index contributed by atoms with van der Waals surface area (Å²) < 4.78 is 11.2. The number of amides is 3. The Balaban J connectivity index is 1.83. The maximum absolute atomic E-state index is 14.2. The lowest BCUT2D eigenvalue weighted by molar-refractivity contribution is -0.133. The van der Waals surface area contributed by atoms with Crippen molar-refractivity contribution in [2.75, 3.05) is 19.7 Å². The number of carbonyl (C=O) groups excluding carboxylic acids is 3. The molecule has 4 rings (SSSR count). The number of ether oxygens (including phenoxy) is 1. The van der Waals surface area contributed by atoms with Crippen LogP contribution in [-0.4, -0.2) is 63.4 Å². The molecule has 3 N–H and O–H groups in total. The maximum Gasteiger partial charge on any atom is 0.360 e. The SMILES string of the molecule is CCOC(=O)c1nc([C@@H](Cc2c[nH]c3ccccc23)N(C(=O)[C@@H](N)CC(C)C)C(=O)N2CCCCCC2)oc1C. The summed E-state index contributed by atoms with van der Waals surface area (Å²) in [6, 6.07) is 5.59. The number of esters is 1. The Morgan fingerprint density at radius 1 is 1.15 bits per heavy atom. The molecule has 1 fully saturated rings. The molecule has 3 heterocycles. The quantitative estimate of drug-likeness (QED) is 0.352. The van der Waals surface area contributed by atoms with E-state index in [9.17, 15) is 14.4 Å². The minimum Gasteiger partial charge on any atom is -0.461 e. The van der Waals surface area contributed by atoms with Crippen LogP contribution in [0, 0.1) is 12.8 Å². The summed E-state index contributed by atoms with van der Waals surface area (Å²) in [4.78, 5) is 51.7. The van der Waals surface area contributed by atoms with E-state index < -0.39 is 30.0 Å². The first-order chi connectivity index (χ1) is 19.2. The van der Waals surface area contributed by atoms with E-state index in [1.54, 1.807) is 18.7 Å². The second-order valence-corrected chi connectivity index (χ2v) is 10.9. The summed E-state index contributed by atoms with van der Waals surface area (Å²) in [6.07, 6.45) is 6.31. The van der Waals surface area contributed by atoms with E-state index in [2.05, 4.69) is 9.97 Å². The lowest BCUT2D eigenvalue weighted by Gasteiger charge is -2.34. The molecule has 0 saturated carbocycles. The molecule has 0 radical (unpaired) electrons. The van der Waals surface area contributed by atoms with Crippen LogP contribution >= 0.6 is 0 Å². The van der Waals surface area contributed by atoms with Crippen LogP contribution in [0.15, 0.2) is 34.9 Å². The first kappa shape index (κ1) is 29.3. The molecule has 3 amide bonds. The van der Waals surface area contributed by atoms with E-state index >= 15 is 0 Å². The fraction of sp³-hybridized carbons (Fsp3) is 0.533. The zero-order chi connectivity index (χ0) is 28.8. The highest BCUT2D eigenvalue weighted by atomic mass is 16.5. The number of carbonyl (C=O) groups is 3. The Labute approximate surface area is 235 Å². The predicted molar refractivity (Wildman–Crippen MR) is 152 cm³/mol. The van der Waals surface area contributed by atoms with Gasteiger partial charge in [-0.15, -0.1) is 0 Å². The molecule has 40 heavy (non-hydrogen) atoms. The van der Waals surface area contributed by atoms with Crippen LogP contribution in [-0.2, 0) is 16.0 Å². The second kappa shape index (κ2) is 13.1. The summed E-state index contributed by atoms with van der Waals surface area (Å²) in [5, 5.41) is 0.961. The Kier molecular flexibility index (Phi) is 9.63. The summed E-state index contributed by atoms with van der Waals surface area (Å²) in [7, 11) is 0. The molecular weight excluding hydrogens is 510 g/mol. The van der Waals surface area contributed by atoms with Gasteiger partial charge in [0.15, 0.2) is 5.69 Å². The van der Waals surface area contributed by atoms with Gasteiger partial charge in [-0.05, 0) is 50.7 Å². The van der Waals surface area contributed by atoms with Gasteiger partial charge in [0, 0.05) is 36.6 Å². The average Bonchev–Trinajstić information content (AvgIpc) is 3.39. The Morgan fingerprint density at radius 2 is 1.85 bits per heavy atom. The van der Waals surface area contributed by atoms with Crippen molar-refractivity contribution in [3.05, 3.63) is 53.4 Å². The molecule has 0 aliphatic carbocycles. The van der Waals surface area contributed by atoms with Crippen LogP contribution in [0.2, 0.25) is 0 Å². The first-order valence-corrected chi connectivity index (χ1v) is 14.3. The minimum absolute atomic E-state index is 0.0295. The van der Waals surface area contributed by atoms with Gasteiger partial charge in [-0.1, -0.05) is 44.9 Å². The fourth-order valence-electron chi connectivity index (χ4n) is 5.33. The van der Waals surface area contributed by atoms with Crippen molar-refractivity contribution in [3.63, 3.8) is 0 Å². The van der Waals surface area contributed by atoms with Gasteiger partial charge >= 0.3 is 12.0 Å². The summed E-state index contributed by atoms with van der Waals surface area (Å²) in [6.45, 7) is 8.60. The molecule has 0 unspecified atom stereocenters. The number of nitrogens with zero attached hydrogens (tertiary/aromatic N) is 3. The number of para-hydroxylation sites is 1. The highest BCUT2D eigenvalue weighted by molar-refractivity contribution is 5.97. The van der Waals surface area contributed by atoms with Gasteiger partial charge in [-0.3, -0.25) is 4.79 Å². The largest absolute Gasteiger partial charge is 0.461 e. The summed E-state index contributed by atoms with van der Waals surface area (Å²) >= 11 is 0. The summed E-state index contributed by atoms with van der Waals surface area (Å²) in [5.74, 6) is -0.589. The third kappa shape index (κ3) is 6.55. The Hall–Kier alpha value is -3.66. The van der Waals surface area contributed by atoms with Crippen LogP contribution in [0.5, 0.6) is 0 Å². The van der Waals surface area contributed by atoms with E-state index in [0.717, 1.165) is 42.1 Å². The van der Waals surface area contributed by atoms with E-state index in [1.807, 2.05) is 44.3 Å². The van der Waals surface area contributed by atoms with Crippen LogP contribution in [0.25, 0.3) is 10.9 Å². The molecular formula is C30H41N5O5. The average molecular weight is 552 g/mol. The number of hydrogen-bond acceptors (Lipinski definition) is 7. The topological polar surface area (TPSA) is 135 Å². The third-order valence-electron chi connectivity index (χ3n) is 7.33. The van der Waals surface area contributed by atoms with Crippen molar-refractivity contribution in [2.45, 2.75) is 78.3 Å². The number of H-pyrrole nitrogens is 1. The lowest BCUT2D eigenvalue weighted by atomic mass is 10.00. The van der Waals surface area contributed by atoms with E-state index in [-0.39, 0.29) is 36.3 Å². The second-order valence-electron chi connectivity index (χ2n) is 10.9. The van der Waals surface area contributed by atoms with Gasteiger partial charge in [0.05, 0.1) is 12.6 Å². The van der Waals surface area contributed by atoms with Gasteiger partial charge in [0.1, 0.15) is 11.8 Å². The van der Waals surface area contributed by atoms with E-state index in [4.69, 9.17) is 14.9 Å². The molecule has 1 aliphatic heterocycles. The normalized spacial score (nSPS) is 15.6. The number of aryl methyl sites for hydroxylation is 1. The number of aromatic nitrogens is 2. The number of likely N-dealkylation sites (tertiary alicyclic amines) is 1. The van der Waals surface area contributed by atoms with Crippen LogP contribution in [0.1, 0.15) is 86.6 Å². The molecule has 216 valence electrons. The van der Waals surface area contributed by atoms with E-state index in [1.165, 1.54) is 4.90 Å². The number of fused-ring (bicyclic) bond motifs is 1. The van der Waals surface area contributed by atoms with Gasteiger partial charge in [0.2, 0.25) is 11.8 Å². The number of hydrogen-bond donors (Lipinski definition) is 2. The molecule has 1 aromatic carbocycles. The number of oxazole rings is 1. The maximum atomic E-state index is 14.2. The van der Waals surface area contributed by atoms with Gasteiger partial charge in [0.25, 0.3) is 0 Å². The molecule has 0 spiro atoms. The number of urea groups is 1. The molecule has 10 heteroatoms. The third-order valence-corrected chi connectivity index (χ3v) is 7.33. The van der Waals surface area contributed by atoms with Crippen LogP contribution in [0.4, 0.5) is 4.79 Å². The molecule has 2 atom stereocenters. The smallest absolute Gasteiger partial charge is 0.360 e. The number of benzene rings is 1. The summed E-state index contributed by atoms with van der Waals surface area (Å²) in [5.41, 5.74) is 8.27. The van der Waals surface area contributed by atoms with Crippen molar-refractivity contribution in [3.8, 4) is 0 Å². The van der Waals surface area contributed by atoms with Gasteiger partial charge in [-0.25, -0.2) is 19.5 Å². The van der Waals surface area contributed by atoms with Crippen molar-refractivity contribution in [1.82, 2.24) is 19.8 Å². The molecule has 1 saturated heterocycles. The number of imide groups is 1. The zero-order valence-electron chi connectivity index (χ0n) is 23.9. The van der Waals surface area contributed by atoms with Gasteiger partial charge < -0.3 is 24.8 Å². The van der Waals surface area contributed by atoms with Crippen LogP contribution < -0.4 is 5.73 Å². The molecule has 10 nitrogen and oxygen atoms in total.